The monoisotopic (exact) mass is 305 g/mol. The van der Waals surface area contributed by atoms with Crippen LogP contribution in [0.3, 0.4) is 0 Å². The van der Waals surface area contributed by atoms with E-state index in [0.717, 1.165) is 5.56 Å². The summed E-state index contributed by atoms with van der Waals surface area (Å²) in [4.78, 5) is 4.01. The summed E-state index contributed by atoms with van der Waals surface area (Å²) in [6.45, 7) is 0.285. The number of benzene rings is 1. The van der Waals surface area contributed by atoms with Crippen LogP contribution in [-0.4, -0.2) is 27.1 Å². The summed E-state index contributed by atoms with van der Waals surface area (Å²) in [6.07, 6.45) is 2.87. The Morgan fingerprint density at radius 3 is 2.90 bits per heavy atom. The van der Waals surface area contributed by atoms with Gasteiger partial charge >= 0.3 is 0 Å². The van der Waals surface area contributed by atoms with Gasteiger partial charge in [0.1, 0.15) is 17.3 Å². The molecule has 0 spiro atoms. The van der Waals surface area contributed by atoms with E-state index in [9.17, 15) is 8.42 Å². The van der Waals surface area contributed by atoms with Gasteiger partial charge in [0.25, 0.3) is 0 Å². The van der Waals surface area contributed by atoms with E-state index >= 15 is 0 Å². The number of fused-ring (bicyclic) bond motifs is 1. The van der Waals surface area contributed by atoms with Crippen molar-refractivity contribution in [3.05, 3.63) is 48.3 Å². The predicted octanol–water partition coefficient (Wildman–Crippen LogP) is 1.54. The molecular weight excluding hydrogens is 290 g/mol. The first kappa shape index (κ1) is 13.8. The van der Waals surface area contributed by atoms with E-state index in [1.807, 2.05) is 24.3 Å². The molecule has 0 saturated heterocycles. The van der Waals surface area contributed by atoms with Crippen molar-refractivity contribution in [1.29, 1.82) is 0 Å². The fourth-order valence-electron chi connectivity index (χ4n) is 2.31. The summed E-state index contributed by atoms with van der Waals surface area (Å²) in [7, 11) is -2.02. The van der Waals surface area contributed by atoms with Gasteiger partial charge in [-0.15, -0.1) is 0 Å². The second-order valence-electron chi connectivity index (χ2n) is 4.64. The molecule has 0 bridgehead atoms. The summed E-state index contributed by atoms with van der Waals surface area (Å²) < 4.78 is 33.2. The highest BCUT2D eigenvalue weighted by molar-refractivity contribution is 7.89. The molecule has 1 atom stereocenters. The molecule has 1 aromatic heterocycles. The van der Waals surface area contributed by atoms with Gasteiger partial charge < -0.3 is 10.1 Å². The first-order valence-electron chi connectivity index (χ1n) is 6.47. The van der Waals surface area contributed by atoms with Crippen molar-refractivity contribution in [2.24, 2.45) is 0 Å². The molecule has 0 radical (unpaired) electrons. The van der Waals surface area contributed by atoms with Crippen molar-refractivity contribution in [2.45, 2.75) is 10.9 Å². The van der Waals surface area contributed by atoms with E-state index in [0.29, 0.717) is 11.4 Å². The predicted molar refractivity (Wildman–Crippen MR) is 78.8 cm³/mol. The van der Waals surface area contributed by atoms with Gasteiger partial charge in [-0.2, -0.15) is 4.72 Å². The molecule has 7 heteroatoms. The Morgan fingerprint density at radius 2 is 2.10 bits per heavy atom. The van der Waals surface area contributed by atoms with Gasteiger partial charge in [0, 0.05) is 25.0 Å². The first-order chi connectivity index (χ1) is 10.1. The van der Waals surface area contributed by atoms with E-state index in [1.165, 1.54) is 6.20 Å². The van der Waals surface area contributed by atoms with Crippen LogP contribution in [-0.2, 0) is 10.0 Å². The van der Waals surface area contributed by atoms with E-state index in [4.69, 9.17) is 4.74 Å². The van der Waals surface area contributed by atoms with Crippen LogP contribution >= 0.6 is 0 Å². The van der Waals surface area contributed by atoms with Gasteiger partial charge in [0.05, 0.1) is 11.7 Å². The van der Waals surface area contributed by atoms with Gasteiger partial charge in [-0.05, 0) is 12.1 Å². The van der Waals surface area contributed by atoms with E-state index in [2.05, 4.69) is 15.0 Å². The maximum absolute atomic E-state index is 12.5. The lowest BCUT2D eigenvalue weighted by Crippen LogP contribution is -2.30. The molecule has 3 rings (SSSR count). The number of para-hydroxylation sites is 1. The lowest BCUT2D eigenvalue weighted by Gasteiger charge is -2.14. The van der Waals surface area contributed by atoms with Crippen LogP contribution in [0.2, 0.25) is 0 Å². The Hall–Kier alpha value is -2.12. The number of anilines is 1. The molecule has 2 heterocycles. The summed E-state index contributed by atoms with van der Waals surface area (Å²) >= 11 is 0. The number of pyridine rings is 1. The maximum Gasteiger partial charge on any atom is 0.244 e. The van der Waals surface area contributed by atoms with E-state index < -0.39 is 16.1 Å². The van der Waals surface area contributed by atoms with Gasteiger partial charge in [-0.1, -0.05) is 18.2 Å². The minimum atomic E-state index is -3.68. The average Bonchev–Trinajstić information content (AvgIpc) is 2.90. The van der Waals surface area contributed by atoms with Crippen LogP contribution in [0.4, 0.5) is 5.69 Å². The molecule has 1 unspecified atom stereocenters. The fourth-order valence-corrected chi connectivity index (χ4v) is 3.67. The Balaban J connectivity index is 1.91. The lowest BCUT2D eigenvalue weighted by atomic mass is 10.1. The second kappa shape index (κ2) is 5.34. The van der Waals surface area contributed by atoms with Crippen LogP contribution in [0, 0.1) is 0 Å². The standard InChI is InChI=1S/C14H15N3O3S/c1-15-11-6-7-16-8-14(11)21(18,19)17-12-9-20-13-5-3-2-4-10(12)13/h2-8,12,17H,9H2,1H3,(H,15,16). The quantitative estimate of drug-likeness (QED) is 0.895. The third-order valence-electron chi connectivity index (χ3n) is 3.34. The molecular formula is C14H15N3O3S. The summed E-state index contributed by atoms with van der Waals surface area (Å²) in [5, 5.41) is 2.86. The summed E-state index contributed by atoms with van der Waals surface area (Å²) in [5.41, 5.74) is 1.35. The van der Waals surface area contributed by atoms with Gasteiger partial charge in [-0.3, -0.25) is 4.98 Å². The van der Waals surface area contributed by atoms with Crippen molar-refractivity contribution < 1.29 is 13.2 Å². The van der Waals surface area contributed by atoms with E-state index in [1.54, 1.807) is 19.3 Å². The fraction of sp³-hybridized carbons (Fsp3) is 0.214. The molecule has 1 aliphatic heterocycles. The zero-order chi connectivity index (χ0) is 14.9. The highest BCUT2D eigenvalue weighted by Gasteiger charge is 2.29. The number of hydrogen-bond donors (Lipinski definition) is 2. The minimum Gasteiger partial charge on any atom is -0.491 e. The van der Waals surface area contributed by atoms with Crippen LogP contribution in [0.25, 0.3) is 0 Å². The Labute approximate surface area is 123 Å². The third kappa shape index (κ3) is 2.57. The number of ether oxygens (including phenoxy) is 1. The zero-order valence-corrected chi connectivity index (χ0v) is 12.2. The number of hydrogen-bond acceptors (Lipinski definition) is 5. The topological polar surface area (TPSA) is 80.3 Å². The van der Waals surface area contributed by atoms with Crippen molar-refractivity contribution in [3.8, 4) is 5.75 Å². The number of nitrogens with one attached hydrogen (secondary N) is 2. The Morgan fingerprint density at radius 1 is 1.29 bits per heavy atom. The molecule has 0 amide bonds. The molecule has 0 aliphatic carbocycles. The van der Waals surface area contributed by atoms with Gasteiger partial charge in [0.2, 0.25) is 10.0 Å². The molecule has 1 aromatic carbocycles. The van der Waals surface area contributed by atoms with Crippen LogP contribution in [0.1, 0.15) is 11.6 Å². The van der Waals surface area contributed by atoms with Crippen molar-refractivity contribution >= 4 is 15.7 Å². The first-order valence-corrected chi connectivity index (χ1v) is 7.96. The van der Waals surface area contributed by atoms with Crippen molar-refractivity contribution in [3.63, 3.8) is 0 Å². The molecule has 2 N–H and O–H groups in total. The Bertz CT molecular complexity index is 762. The number of sulfonamides is 1. The zero-order valence-electron chi connectivity index (χ0n) is 11.4. The van der Waals surface area contributed by atoms with Gasteiger partial charge in [-0.25, -0.2) is 8.42 Å². The molecule has 2 aromatic rings. The number of nitrogens with zero attached hydrogens (tertiary/aromatic N) is 1. The molecule has 21 heavy (non-hydrogen) atoms. The minimum absolute atomic E-state index is 0.122. The second-order valence-corrected chi connectivity index (χ2v) is 6.33. The van der Waals surface area contributed by atoms with Gasteiger partial charge in [0.15, 0.2) is 0 Å². The normalized spacial score (nSPS) is 17.1. The molecule has 1 aliphatic rings. The van der Waals surface area contributed by atoms with Crippen LogP contribution in [0.5, 0.6) is 5.75 Å². The molecule has 0 fully saturated rings. The number of aromatic nitrogens is 1. The van der Waals surface area contributed by atoms with E-state index in [-0.39, 0.29) is 11.5 Å². The Kier molecular flexibility index (Phi) is 3.52. The lowest BCUT2D eigenvalue weighted by molar-refractivity contribution is 0.325. The highest BCUT2D eigenvalue weighted by Crippen LogP contribution is 2.33. The molecule has 0 saturated carbocycles. The number of rotatable bonds is 4. The summed E-state index contributed by atoms with van der Waals surface area (Å²) in [6, 6.07) is 8.63. The molecule has 110 valence electrons. The van der Waals surface area contributed by atoms with Crippen molar-refractivity contribution in [1.82, 2.24) is 9.71 Å². The maximum atomic E-state index is 12.5. The third-order valence-corrected chi connectivity index (χ3v) is 4.84. The highest BCUT2D eigenvalue weighted by atomic mass is 32.2. The van der Waals surface area contributed by atoms with Crippen molar-refractivity contribution in [2.75, 3.05) is 19.0 Å². The average molecular weight is 305 g/mol. The molecule has 6 nitrogen and oxygen atoms in total. The summed E-state index contributed by atoms with van der Waals surface area (Å²) in [5.74, 6) is 0.713. The van der Waals surface area contributed by atoms with Crippen LogP contribution in [0.15, 0.2) is 47.6 Å². The smallest absolute Gasteiger partial charge is 0.244 e. The SMILES string of the molecule is CNc1ccncc1S(=O)(=O)NC1COc2ccccc21. The van der Waals surface area contributed by atoms with Crippen LogP contribution < -0.4 is 14.8 Å². The largest absolute Gasteiger partial charge is 0.491 e.